The van der Waals surface area contributed by atoms with Crippen molar-refractivity contribution >= 4 is 5.69 Å². The minimum absolute atomic E-state index is 0.156. The summed E-state index contributed by atoms with van der Waals surface area (Å²) >= 11 is 0. The van der Waals surface area contributed by atoms with Crippen LogP contribution in [0.25, 0.3) is 0 Å². The van der Waals surface area contributed by atoms with E-state index in [1.54, 1.807) is 7.11 Å². The third kappa shape index (κ3) is 5.49. The van der Waals surface area contributed by atoms with E-state index >= 15 is 0 Å². The monoisotopic (exact) mass is 280 g/mol. The van der Waals surface area contributed by atoms with Gasteiger partial charge >= 0.3 is 0 Å². The third-order valence-corrected chi connectivity index (χ3v) is 3.29. The van der Waals surface area contributed by atoms with Gasteiger partial charge in [0.05, 0.1) is 13.2 Å². The Hall–Kier alpha value is -1.10. The number of rotatable bonds is 10. The van der Waals surface area contributed by atoms with E-state index in [9.17, 15) is 5.11 Å². The SMILES string of the molecule is CCCNCc1ccc(N(CCO)CCOC)c(C)c1. The molecule has 0 unspecified atom stereocenters. The number of methoxy groups -OCH3 is 1. The summed E-state index contributed by atoms with van der Waals surface area (Å²) in [5.74, 6) is 0. The molecule has 0 saturated carbocycles. The van der Waals surface area contributed by atoms with E-state index in [2.05, 4.69) is 42.3 Å². The number of aliphatic hydroxyl groups is 1. The van der Waals surface area contributed by atoms with Crippen LogP contribution in [-0.2, 0) is 11.3 Å². The van der Waals surface area contributed by atoms with Gasteiger partial charge in [0.15, 0.2) is 0 Å². The van der Waals surface area contributed by atoms with Gasteiger partial charge in [-0.05, 0) is 37.1 Å². The molecule has 0 aliphatic carbocycles. The van der Waals surface area contributed by atoms with Gasteiger partial charge in [-0.1, -0.05) is 19.1 Å². The van der Waals surface area contributed by atoms with Crippen molar-refractivity contribution in [2.45, 2.75) is 26.8 Å². The lowest BCUT2D eigenvalue weighted by molar-refractivity contribution is 0.203. The fourth-order valence-electron chi connectivity index (χ4n) is 2.27. The van der Waals surface area contributed by atoms with Gasteiger partial charge in [-0.2, -0.15) is 0 Å². The van der Waals surface area contributed by atoms with Crippen LogP contribution in [0.4, 0.5) is 5.69 Å². The molecular formula is C16H28N2O2. The van der Waals surface area contributed by atoms with Crippen LogP contribution in [0.1, 0.15) is 24.5 Å². The van der Waals surface area contributed by atoms with Crippen LogP contribution in [0.2, 0.25) is 0 Å². The number of benzene rings is 1. The van der Waals surface area contributed by atoms with E-state index in [-0.39, 0.29) is 6.61 Å². The van der Waals surface area contributed by atoms with Crippen LogP contribution < -0.4 is 10.2 Å². The van der Waals surface area contributed by atoms with Crippen molar-refractivity contribution in [3.05, 3.63) is 29.3 Å². The van der Waals surface area contributed by atoms with Crippen molar-refractivity contribution in [3.8, 4) is 0 Å². The molecule has 0 bridgehead atoms. The Bertz CT molecular complexity index is 383. The highest BCUT2D eigenvalue weighted by molar-refractivity contribution is 5.54. The molecule has 1 rings (SSSR count). The fourth-order valence-corrected chi connectivity index (χ4v) is 2.27. The molecule has 1 aromatic carbocycles. The van der Waals surface area contributed by atoms with Crippen LogP contribution >= 0.6 is 0 Å². The highest BCUT2D eigenvalue weighted by Crippen LogP contribution is 2.21. The number of ether oxygens (including phenoxy) is 1. The smallest absolute Gasteiger partial charge is 0.0637 e. The summed E-state index contributed by atoms with van der Waals surface area (Å²) in [6.07, 6.45) is 1.15. The number of hydrogen-bond acceptors (Lipinski definition) is 4. The quantitative estimate of drug-likeness (QED) is 0.643. The molecule has 0 aliphatic heterocycles. The van der Waals surface area contributed by atoms with E-state index in [1.165, 1.54) is 16.8 Å². The number of nitrogens with one attached hydrogen (secondary N) is 1. The fraction of sp³-hybridized carbons (Fsp3) is 0.625. The van der Waals surface area contributed by atoms with E-state index in [4.69, 9.17) is 4.74 Å². The summed E-state index contributed by atoms with van der Waals surface area (Å²) in [4.78, 5) is 2.17. The van der Waals surface area contributed by atoms with E-state index in [1.807, 2.05) is 0 Å². The largest absolute Gasteiger partial charge is 0.395 e. The second kappa shape index (κ2) is 9.75. The lowest BCUT2D eigenvalue weighted by atomic mass is 10.1. The zero-order valence-corrected chi connectivity index (χ0v) is 13.0. The van der Waals surface area contributed by atoms with Crippen LogP contribution in [0.5, 0.6) is 0 Å². The number of hydrogen-bond donors (Lipinski definition) is 2. The molecule has 0 saturated heterocycles. The molecule has 0 aliphatic rings. The van der Waals surface area contributed by atoms with Crippen LogP contribution in [-0.4, -0.2) is 45.1 Å². The summed E-state index contributed by atoms with van der Waals surface area (Å²) in [7, 11) is 1.70. The van der Waals surface area contributed by atoms with E-state index in [0.717, 1.165) is 26.1 Å². The molecular weight excluding hydrogens is 252 g/mol. The van der Waals surface area contributed by atoms with Crippen LogP contribution in [0.15, 0.2) is 18.2 Å². The van der Waals surface area contributed by atoms with Gasteiger partial charge in [-0.3, -0.25) is 0 Å². The lowest BCUT2D eigenvalue weighted by Crippen LogP contribution is -2.30. The van der Waals surface area contributed by atoms with Crippen molar-refractivity contribution in [1.82, 2.24) is 5.32 Å². The van der Waals surface area contributed by atoms with Gasteiger partial charge < -0.3 is 20.1 Å². The minimum atomic E-state index is 0.156. The zero-order valence-electron chi connectivity index (χ0n) is 13.0. The molecule has 0 radical (unpaired) electrons. The molecule has 0 amide bonds. The molecule has 0 spiro atoms. The summed E-state index contributed by atoms with van der Waals surface area (Å²) in [6, 6.07) is 6.51. The van der Waals surface area contributed by atoms with Crippen molar-refractivity contribution < 1.29 is 9.84 Å². The first-order valence-electron chi connectivity index (χ1n) is 7.38. The number of aryl methyl sites for hydroxylation is 1. The van der Waals surface area contributed by atoms with Gasteiger partial charge in [0.1, 0.15) is 0 Å². The predicted octanol–water partition coefficient (Wildman–Crippen LogP) is 1.94. The second-order valence-corrected chi connectivity index (χ2v) is 5.00. The summed E-state index contributed by atoms with van der Waals surface area (Å²) in [6.45, 7) is 8.50. The average molecular weight is 280 g/mol. The molecule has 20 heavy (non-hydrogen) atoms. The molecule has 0 fully saturated rings. The Morgan fingerprint density at radius 1 is 1.30 bits per heavy atom. The normalized spacial score (nSPS) is 10.8. The summed E-state index contributed by atoms with van der Waals surface area (Å²) < 4.78 is 5.14. The standard InChI is InChI=1S/C16H28N2O2/c1-4-7-17-13-15-5-6-16(14(2)12-15)18(8-10-19)9-11-20-3/h5-6,12,17,19H,4,7-11,13H2,1-3H3. The molecule has 4 nitrogen and oxygen atoms in total. The van der Waals surface area contributed by atoms with Gasteiger partial charge in [0.2, 0.25) is 0 Å². The zero-order chi connectivity index (χ0) is 14.8. The summed E-state index contributed by atoms with van der Waals surface area (Å²) in [5.41, 5.74) is 3.72. The predicted molar refractivity (Wildman–Crippen MR) is 84.4 cm³/mol. The first-order chi connectivity index (χ1) is 9.72. The molecule has 0 atom stereocenters. The molecule has 114 valence electrons. The molecule has 0 aromatic heterocycles. The highest BCUT2D eigenvalue weighted by Gasteiger charge is 2.09. The van der Waals surface area contributed by atoms with Crippen LogP contribution in [0.3, 0.4) is 0 Å². The van der Waals surface area contributed by atoms with E-state index in [0.29, 0.717) is 13.2 Å². The maximum atomic E-state index is 9.19. The molecule has 0 heterocycles. The van der Waals surface area contributed by atoms with Crippen molar-refractivity contribution in [3.63, 3.8) is 0 Å². The Labute approximate surface area is 122 Å². The maximum Gasteiger partial charge on any atom is 0.0637 e. The van der Waals surface area contributed by atoms with Gasteiger partial charge in [-0.15, -0.1) is 0 Å². The molecule has 1 aromatic rings. The van der Waals surface area contributed by atoms with Crippen molar-refractivity contribution in [1.29, 1.82) is 0 Å². The Morgan fingerprint density at radius 2 is 2.10 bits per heavy atom. The topological polar surface area (TPSA) is 44.7 Å². The Balaban J connectivity index is 2.72. The Morgan fingerprint density at radius 3 is 2.70 bits per heavy atom. The lowest BCUT2D eigenvalue weighted by Gasteiger charge is -2.25. The maximum absolute atomic E-state index is 9.19. The second-order valence-electron chi connectivity index (χ2n) is 5.00. The van der Waals surface area contributed by atoms with Crippen molar-refractivity contribution in [2.24, 2.45) is 0 Å². The summed E-state index contributed by atoms with van der Waals surface area (Å²) in [5, 5.41) is 12.6. The van der Waals surface area contributed by atoms with Gasteiger partial charge in [-0.25, -0.2) is 0 Å². The van der Waals surface area contributed by atoms with E-state index < -0.39 is 0 Å². The van der Waals surface area contributed by atoms with Gasteiger partial charge in [0, 0.05) is 32.4 Å². The number of aliphatic hydroxyl groups excluding tert-OH is 1. The van der Waals surface area contributed by atoms with Crippen molar-refractivity contribution in [2.75, 3.05) is 44.9 Å². The average Bonchev–Trinajstić information content (AvgIpc) is 2.44. The Kier molecular flexibility index (Phi) is 8.26. The minimum Gasteiger partial charge on any atom is -0.395 e. The number of nitrogens with zero attached hydrogens (tertiary/aromatic N) is 1. The third-order valence-electron chi connectivity index (χ3n) is 3.29. The van der Waals surface area contributed by atoms with Crippen LogP contribution in [0, 0.1) is 6.92 Å². The highest BCUT2D eigenvalue weighted by atomic mass is 16.5. The number of anilines is 1. The van der Waals surface area contributed by atoms with Gasteiger partial charge in [0.25, 0.3) is 0 Å². The molecule has 2 N–H and O–H groups in total. The first-order valence-corrected chi connectivity index (χ1v) is 7.38. The molecule has 4 heteroatoms. The first kappa shape index (κ1) is 17.0.